The van der Waals surface area contributed by atoms with Gasteiger partial charge in [-0.15, -0.1) is 0 Å². The van der Waals surface area contributed by atoms with Crippen LogP contribution in [0.4, 0.5) is 5.69 Å². The number of carbonyl (C=O) groups is 1. The summed E-state index contributed by atoms with van der Waals surface area (Å²) in [6.45, 7) is 4.40. The fourth-order valence-corrected chi connectivity index (χ4v) is 1.81. The third kappa shape index (κ3) is 2.92. The zero-order chi connectivity index (χ0) is 14.0. The van der Waals surface area contributed by atoms with Crippen molar-refractivity contribution in [1.82, 2.24) is 0 Å². The molecule has 0 atom stereocenters. The number of aliphatic carboxylic acids is 1. The van der Waals surface area contributed by atoms with Crippen LogP contribution in [0.5, 0.6) is 11.5 Å². The summed E-state index contributed by atoms with van der Waals surface area (Å²) >= 11 is 0. The molecule has 0 saturated heterocycles. The first-order chi connectivity index (χ1) is 8.90. The first-order valence-corrected chi connectivity index (χ1v) is 6.24. The molecule has 1 aromatic rings. The highest BCUT2D eigenvalue weighted by molar-refractivity contribution is 5.73. The zero-order valence-corrected chi connectivity index (χ0v) is 11.5. The number of hydrogen-bond acceptors (Lipinski definition) is 4. The lowest BCUT2D eigenvalue weighted by Gasteiger charge is -2.25. The molecular weight excluding hydrogens is 246 g/mol. The van der Waals surface area contributed by atoms with Gasteiger partial charge in [-0.25, -0.2) is 0 Å². The monoisotopic (exact) mass is 265 g/mol. The molecular formula is C14H19NO4. The van der Waals surface area contributed by atoms with Crippen LogP contribution in [0, 0.1) is 5.41 Å². The minimum atomic E-state index is -0.772. The van der Waals surface area contributed by atoms with Crippen molar-refractivity contribution in [3.8, 4) is 11.5 Å². The summed E-state index contributed by atoms with van der Waals surface area (Å²) in [6.07, 6.45) is 0.577. The molecule has 0 spiro atoms. The fourth-order valence-electron chi connectivity index (χ4n) is 1.81. The van der Waals surface area contributed by atoms with E-state index in [2.05, 4.69) is 0 Å². The van der Waals surface area contributed by atoms with Crippen LogP contribution in [-0.2, 0) is 4.79 Å². The Labute approximate surface area is 112 Å². The average molecular weight is 265 g/mol. The van der Waals surface area contributed by atoms with Crippen molar-refractivity contribution < 1.29 is 19.4 Å². The Hall–Kier alpha value is -1.91. The normalized spacial score (nSPS) is 13.4. The Morgan fingerprint density at radius 2 is 2.05 bits per heavy atom. The lowest BCUT2D eigenvalue weighted by molar-refractivity contribution is -0.147. The number of nitrogens with zero attached hydrogens (tertiary/aromatic N) is 1. The van der Waals surface area contributed by atoms with Crippen LogP contribution in [0.15, 0.2) is 18.2 Å². The second-order valence-corrected chi connectivity index (χ2v) is 5.40. The molecule has 0 aliphatic carbocycles. The molecule has 0 bridgehead atoms. The van der Waals surface area contributed by atoms with Gasteiger partial charge in [-0.05, 0) is 32.4 Å². The number of carboxylic acid groups (broad SMARTS) is 1. The molecule has 104 valence electrons. The van der Waals surface area contributed by atoms with E-state index in [1.807, 2.05) is 30.1 Å². The summed E-state index contributed by atoms with van der Waals surface area (Å²) in [5, 5.41) is 9.10. The third-order valence-corrected chi connectivity index (χ3v) is 3.45. The van der Waals surface area contributed by atoms with Crippen LogP contribution in [0.2, 0.25) is 0 Å². The van der Waals surface area contributed by atoms with Crippen molar-refractivity contribution in [2.75, 3.05) is 25.3 Å². The molecule has 0 saturated carbocycles. The molecule has 0 amide bonds. The van der Waals surface area contributed by atoms with Gasteiger partial charge in [0.25, 0.3) is 0 Å². The van der Waals surface area contributed by atoms with Gasteiger partial charge in [-0.3, -0.25) is 4.79 Å². The van der Waals surface area contributed by atoms with Crippen molar-refractivity contribution in [2.24, 2.45) is 5.41 Å². The predicted octanol–water partition coefficient (Wildman–Crippen LogP) is 2.35. The van der Waals surface area contributed by atoms with Crippen molar-refractivity contribution in [3.63, 3.8) is 0 Å². The quantitative estimate of drug-likeness (QED) is 0.885. The second kappa shape index (κ2) is 4.99. The maximum atomic E-state index is 11.1. The number of rotatable bonds is 5. The predicted molar refractivity (Wildman–Crippen MR) is 71.9 cm³/mol. The van der Waals surface area contributed by atoms with Gasteiger partial charge in [0, 0.05) is 25.3 Å². The molecule has 0 unspecified atom stereocenters. The Morgan fingerprint density at radius 3 is 2.74 bits per heavy atom. The van der Waals surface area contributed by atoms with Gasteiger partial charge >= 0.3 is 5.97 Å². The molecule has 0 aromatic heterocycles. The van der Waals surface area contributed by atoms with E-state index in [1.54, 1.807) is 13.8 Å². The SMILES string of the molecule is CN(CCC(C)(C)C(=O)O)c1ccc2c(c1)OCO2. The summed E-state index contributed by atoms with van der Waals surface area (Å²) in [7, 11) is 1.94. The smallest absolute Gasteiger partial charge is 0.309 e. The number of benzene rings is 1. The van der Waals surface area contributed by atoms with E-state index in [4.69, 9.17) is 14.6 Å². The Morgan fingerprint density at radius 1 is 1.37 bits per heavy atom. The molecule has 5 nitrogen and oxygen atoms in total. The van der Waals surface area contributed by atoms with E-state index in [9.17, 15) is 4.79 Å². The highest BCUT2D eigenvalue weighted by Gasteiger charge is 2.27. The van der Waals surface area contributed by atoms with Crippen molar-refractivity contribution in [1.29, 1.82) is 0 Å². The number of ether oxygens (including phenoxy) is 2. The molecule has 0 fully saturated rings. The minimum absolute atomic E-state index is 0.258. The maximum absolute atomic E-state index is 11.1. The van der Waals surface area contributed by atoms with Crippen LogP contribution in [0.25, 0.3) is 0 Å². The molecule has 5 heteroatoms. The molecule has 1 aromatic carbocycles. The molecule has 2 rings (SSSR count). The van der Waals surface area contributed by atoms with Gasteiger partial charge in [0.1, 0.15) is 0 Å². The molecule has 1 aliphatic heterocycles. The molecule has 0 radical (unpaired) electrons. The van der Waals surface area contributed by atoms with Crippen molar-refractivity contribution in [3.05, 3.63) is 18.2 Å². The summed E-state index contributed by atoms with van der Waals surface area (Å²) in [4.78, 5) is 13.1. The summed E-state index contributed by atoms with van der Waals surface area (Å²) < 4.78 is 10.6. The summed E-state index contributed by atoms with van der Waals surface area (Å²) in [6, 6.07) is 5.73. The fraction of sp³-hybridized carbons (Fsp3) is 0.500. The van der Waals surface area contributed by atoms with E-state index in [0.29, 0.717) is 13.0 Å². The lowest BCUT2D eigenvalue weighted by Crippen LogP contribution is -2.30. The highest BCUT2D eigenvalue weighted by Crippen LogP contribution is 2.35. The van der Waals surface area contributed by atoms with Gasteiger partial charge in [0.15, 0.2) is 11.5 Å². The van der Waals surface area contributed by atoms with Gasteiger partial charge in [-0.2, -0.15) is 0 Å². The standard InChI is InChI=1S/C14H19NO4/c1-14(2,13(16)17)6-7-15(3)10-4-5-11-12(8-10)19-9-18-11/h4-5,8H,6-7,9H2,1-3H3,(H,16,17). The Balaban J connectivity index is 2.00. The first-order valence-electron chi connectivity index (χ1n) is 6.24. The molecule has 1 heterocycles. The largest absolute Gasteiger partial charge is 0.481 e. The van der Waals surface area contributed by atoms with E-state index in [-0.39, 0.29) is 6.79 Å². The topological polar surface area (TPSA) is 59.0 Å². The van der Waals surface area contributed by atoms with Gasteiger partial charge in [0.2, 0.25) is 6.79 Å². The van der Waals surface area contributed by atoms with E-state index >= 15 is 0 Å². The van der Waals surface area contributed by atoms with Gasteiger partial charge < -0.3 is 19.5 Å². The summed E-state index contributed by atoms with van der Waals surface area (Å²) in [5.74, 6) is 0.719. The zero-order valence-electron chi connectivity index (χ0n) is 11.5. The van der Waals surface area contributed by atoms with Crippen LogP contribution in [0.1, 0.15) is 20.3 Å². The third-order valence-electron chi connectivity index (χ3n) is 3.45. The minimum Gasteiger partial charge on any atom is -0.481 e. The number of hydrogen-bond donors (Lipinski definition) is 1. The number of anilines is 1. The van der Waals surface area contributed by atoms with Crippen LogP contribution >= 0.6 is 0 Å². The number of carboxylic acids is 1. The molecule has 19 heavy (non-hydrogen) atoms. The Bertz CT molecular complexity index is 484. The van der Waals surface area contributed by atoms with E-state index in [0.717, 1.165) is 17.2 Å². The molecule has 1 N–H and O–H groups in total. The Kier molecular flexibility index (Phi) is 3.55. The lowest BCUT2D eigenvalue weighted by atomic mass is 9.89. The molecule has 1 aliphatic rings. The van der Waals surface area contributed by atoms with Crippen molar-refractivity contribution in [2.45, 2.75) is 20.3 Å². The van der Waals surface area contributed by atoms with Crippen LogP contribution in [-0.4, -0.2) is 31.5 Å². The van der Waals surface area contributed by atoms with E-state index < -0.39 is 11.4 Å². The maximum Gasteiger partial charge on any atom is 0.309 e. The average Bonchev–Trinajstić information content (AvgIpc) is 2.82. The first kappa shape index (κ1) is 13.5. The van der Waals surface area contributed by atoms with Crippen molar-refractivity contribution >= 4 is 11.7 Å². The summed E-state index contributed by atoms with van der Waals surface area (Å²) in [5.41, 5.74) is 0.273. The number of fused-ring (bicyclic) bond motifs is 1. The van der Waals surface area contributed by atoms with Gasteiger partial charge in [0.05, 0.1) is 5.41 Å². The van der Waals surface area contributed by atoms with Gasteiger partial charge in [-0.1, -0.05) is 0 Å². The highest BCUT2D eigenvalue weighted by atomic mass is 16.7. The van der Waals surface area contributed by atoms with Crippen LogP contribution in [0.3, 0.4) is 0 Å². The second-order valence-electron chi connectivity index (χ2n) is 5.40. The van der Waals surface area contributed by atoms with E-state index in [1.165, 1.54) is 0 Å². The van der Waals surface area contributed by atoms with Crippen LogP contribution < -0.4 is 14.4 Å².